The van der Waals surface area contributed by atoms with Gasteiger partial charge in [-0.2, -0.15) is 10.2 Å². The second kappa shape index (κ2) is 6.73. The number of azo groups is 1. The normalized spacial score (nSPS) is 12.1. The summed E-state index contributed by atoms with van der Waals surface area (Å²) >= 11 is 0. The molecule has 0 amide bonds. The van der Waals surface area contributed by atoms with Gasteiger partial charge in [0.1, 0.15) is 5.75 Å². The van der Waals surface area contributed by atoms with Gasteiger partial charge in [-0.05, 0) is 61.2 Å². The molecule has 0 heterocycles. The summed E-state index contributed by atoms with van der Waals surface area (Å²) in [6, 6.07) is 15.9. The lowest BCUT2D eigenvalue weighted by Gasteiger charge is -2.18. The second-order valence-electron chi connectivity index (χ2n) is 6.66. The molecule has 2 aromatic carbocycles. The van der Waals surface area contributed by atoms with Gasteiger partial charge in [-0.15, -0.1) is 0 Å². The minimum Gasteiger partial charge on any atom is -0.491 e. The highest BCUT2D eigenvalue weighted by Gasteiger charge is 2.12. The Morgan fingerprint density at radius 1 is 0.773 bits per heavy atom. The molecule has 0 aliphatic carbocycles. The van der Waals surface area contributed by atoms with Crippen LogP contribution < -0.4 is 4.74 Å². The fourth-order valence-corrected chi connectivity index (χ4v) is 2.01. The van der Waals surface area contributed by atoms with Crippen LogP contribution in [-0.4, -0.2) is 6.10 Å². The number of ether oxygens (including phenoxy) is 1. The quantitative estimate of drug-likeness (QED) is 0.619. The van der Waals surface area contributed by atoms with Gasteiger partial charge in [0.15, 0.2) is 0 Å². The molecule has 0 atom stereocenters. The zero-order valence-electron chi connectivity index (χ0n) is 14.0. The van der Waals surface area contributed by atoms with Crippen LogP contribution in [0.2, 0.25) is 0 Å². The second-order valence-corrected chi connectivity index (χ2v) is 6.66. The van der Waals surface area contributed by atoms with E-state index >= 15 is 0 Å². The Bertz CT molecular complexity index is 620. The molecule has 2 rings (SSSR count). The molecule has 3 nitrogen and oxygen atoms in total. The van der Waals surface area contributed by atoms with Gasteiger partial charge in [-0.25, -0.2) is 0 Å². The summed E-state index contributed by atoms with van der Waals surface area (Å²) in [5.74, 6) is 0.850. The molecule has 0 unspecified atom stereocenters. The fraction of sp³-hybridized carbons (Fsp3) is 0.368. The molecule has 0 aliphatic heterocycles. The number of nitrogens with zero attached hydrogens (tertiary/aromatic N) is 2. The van der Waals surface area contributed by atoms with Crippen molar-refractivity contribution < 1.29 is 4.74 Å². The zero-order valence-corrected chi connectivity index (χ0v) is 14.0. The van der Waals surface area contributed by atoms with Crippen molar-refractivity contribution in [1.29, 1.82) is 0 Å². The van der Waals surface area contributed by atoms with Gasteiger partial charge < -0.3 is 4.74 Å². The molecular formula is C19H24N2O. The molecule has 0 bridgehead atoms. The summed E-state index contributed by atoms with van der Waals surface area (Å²) in [5.41, 5.74) is 3.12. The van der Waals surface area contributed by atoms with Crippen molar-refractivity contribution in [2.75, 3.05) is 0 Å². The molecule has 0 radical (unpaired) electrons. The molecule has 0 saturated heterocycles. The number of rotatable bonds is 4. The molecule has 2 aromatic rings. The average Bonchev–Trinajstić information content (AvgIpc) is 2.45. The van der Waals surface area contributed by atoms with E-state index < -0.39 is 0 Å². The lowest BCUT2D eigenvalue weighted by Crippen LogP contribution is -2.10. The maximum absolute atomic E-state index is 5.60. The molecule has 0 aromatic heterocycles. The van der Waals surface area contributed by atoms with E-state index in [-0.39, 0.29) is 11.5 Å². The molecule has 0 N–H and O–H groups in total. The molecule has 0 spiro atoms. The van der Waals surface area contributed by atoms with Crippen LogP contribution in [0.1, 0.15) is 40.2 Å². The lowest BCUT2D eigenvalue weighted by atomic mass is 9.87. The maximum Gasteiger partial charge on any atom is 0.119 e. The van der Waals surface area contributed by atoms with Gasteiger partial charge in [0.2, 0.25) is 0 Å². The van der Waals surface area contributed by atoms with Crippen LogP contribution in [0.4, 0.5) is 11.4 Å². The number of benzene rings is 2. The summed E-state index contributed by atoms with van der Waals surface area (Å²) in [5, 5.41) is 8.53. The van der Waals surface area contributed by atoms with Gasteiger partial charge in [0.05, 0.1) is 17.5 Å². The predicted octanol–water partition coefficient (Wildman–Crippen LogP) is 6.19. The van der Waals surface area contributed by atoms with Crippen molar-refractivity contribution in [2.24, 2.45) is 10.2 Å². The van der Waals surface area contributed by atoms with Gasteiger partial charge in [-0.1, -0.05) is 32.9 Å². The third kappa shape index (κ3) is 4.69. The lowest BCUT2D eigenvalue weighted by molar-refractivity contribution is 0.242. The first-order chi connectivity index (χ1) is 10.3. The third-order valence-corrected chi connectivity index (χ3v) is 3.22. The summed E-state index contributed by atoms with van der Waals surface area (Å²) in [7, 11) is 0. The molecule has 0 saturated carbocycles. The molecular weight excluding hydrogens is 272 g/mol. The van der Waals surface area contributed by atoms with Crippen LogP contribution in [0.5, 0.6) is 5.75 Å². The Balaban J connectivity index is 2.05. The zero-order chi connectivity index (χ0) is 16.2. The van der Waals surface area contributed by atoms with Crippen molar-refractivity contribution in [1.82, 2.24) is 0 Å². The highest BCUT2D eigenvalue weighted by Crippen LogP contribution is 2.26. The van der Waals surface area contributed by atoms with Gasteiger partial charge in [0.25, 0.3) is 0 Å². The van der Waals surface area contributed by atoms with E-state index in [9.17, 15) is 0 Å². The standard InChI is InChI=1S/C19H24N2O/c1-14(2)22-18-12-10-17(11-13-18)21-20-16-8-6-15(7-9-16)19(3,4)5/h6-14H,1-5H3/b21-20+. The monoisotopic (exact) mass is 296 g/mol. The SMILES string of the molecule is CC(C)Oc1ccc(/N=N/c2ccc(C(C)(C)C)cc2)cc1. The van der Waals surface area contributed by atoms with Crippen LogP contribution in [-0.2, 0) is 5.41 Å². The number of hydrogen-bond donors (Lipinski definition) is 0. The average molecular weight is 296 g/mol. The van der Waals surface area contributed by atoms with Crippen LogP contribution in [0.25, 0.3) is 0 Å². The van der Waals surface area contributed by atoms with Crippen molar-refractivity contribution in [2.45, 2.75) is 46.1 Å². The van der Waals surface area contributed by atoms with E-state index in [0.717, 1.165) is 17.1 Å². The first-order valence-corrected chi connectivity index (χ1v) is 7.63. The molecule has 0 fully saturated rings. The number of hydrogen-bond acceptors (Lipinski definition) is 3. The molecule has 0 aliphatic rings. The Hall–Kier alpha value is -2.16. The summed E-state index contributed by atoms with van der Waals surface area (Å²) < 4.78 is 5.60. The largest absolute Gasteiger partial charge is 0.491 e. The topological polar surface area (TPSA) is 34.0 Å². The van der Waals surface area contributed by atoms with Gasteiger partial charge >= 0.3 is 0 Å². The van der Waals surface area contributed by atoms with E-state index in [1.807, 2.05) is 50.2 Å². The molecule has 116 valence electrons. The van der Waals surface area contributed by atoms with Crippen molar-refractivity contribution in [3.8, 4) is 5.75 Å². The van der Waals surface area contributed by atoms with Crippen molar-refractivity contribution in [3.05, 3.63) is 54.1 Å². The fourth-order valence-electron chi connectivity index (χ4n) is 2.01. The Morgan fingerprint density at radius 2 is 1.23 bits per heavy atom. The first kappa shape index (κ1) is 16.2. The van der Waals surface area contributed by atoms with E-state index in [1.165, 1.54) is 5.56 Å². The van der Waals surface area contributed by atoms with Crippen LogP contribution in [0, 0.1) is 0 Å². The van der Waals surface area contributed by atoms with Crippen LogP contribution in [0.15, 0.2) is 58.8 Å². The van der Waals surface area contributed by atoms with E-state index in [4.69, 9.17) is 4.74 Å². The summed E-state index contributed by atoms with van der Waals surface area (Å²) in [6.07, 6.45) is 0.175. The predicted molar refractivity (Wildman–Crippen MR) is 91.5 cm³/mol. The van der Waals surface area contributed by atoms with Crippen molar-refractivity contribution >= 4 is 11.4 Å². The smallest absolute Gasteiger partial charge is 0.119 e. The Labute approximate surface area is 133 Å². The van der Waals surface area contributed by atoms with Crippen LogP contribution in [0.3, 0.4) is 0 Å². The molecule has 3 heteroatoms. The minimum absolute atomic E-state index is 0.155. The van der Waals surface area contributed by atoms with E-state index in [2.05, 4.69) is 43.1 Å². The minimum atomic E-state index is 0.155. The molecule has 22 heavy (non-hydrogen) atoms. The maximum atomic E-state index is 5.60. The summed E-state index contributed by atoms with van der Waals surface area (Å²) in [4.78, 5) is 0. The first-order valence-electron chi connectivity index (χ1n) is 7.63. The highest BCUT2D eigenvalue weighted by molar-refractivity contribution is 5.44. The Morgan fingerprint density at radius 3 is 1.64 bits per heavy atom. The highest BCUT2D eigenvalue weighted by atomic mass is 16.5. The van der Waals surface area contributed by atoms with Gasteiger partial charge in [0, 0.05) is 0 Å². The van der Waals surface area contributed by atoms with Gasteiger partial charge in [-0.3, -0.25) is 0 Å². The van der Waals surface area contributed by atoms with E-state index in [1.54, 1.807) is 0 Å². The van der Waals surface area contributed by atoms with Crippen LogP contribution >= 0.6 is 0 Å². The Kier molecular flexibility index (Phi) is 4.96. The van der Waals surface area contributed by atoms with Crippen molar-refractivity contribution in [3.63, 3.8) is 0 Å². The van der Waals surface area contributed by atoms with E-state index in [0.29, 0.717) is 0 Å². The third-order valence-electron chi connectivity index (χ3n) is 3.22. The summed E-state index contributed by atoms with van der Waals surface area (Å²) in [6.45, 7) is 10.6.